The van der Waals surface area contributed by atoms with Gasteiger partial charge < -0.3 is 4.48 Å². The summed E-state index contributed by atoms with van der Waals surface area (Å²) in [5.41, 5.74) is 0.785. The van der Waals surface area contributed by atoms with E-state index in [4.69, 9.17) is 0 Å². The summed E-state index contributed by atoms with van der Waals surface area (Å²) < 4.78 is 2.49. The Kier molecular flexibility index (Phi) is 3.81. The van der Waals surface area contributed by atoms with Crippen molar-refractivity contribution in [2.24, 2.45) is 0 Å². The minimum Gasteiger partial charge on any atom is -0.324 e. The molecule has 0 bridgehead atoms. The van der Waals surface area contributed by atoms with E-state index in [2.05, 4.69) is 25.7 Å². The summed E-state index contributed by atoms with van der Waals surface area (Å²) in [6, 6.07) is 7.44. The van der Waals surface area contributed by atoms with Gasteiger partial charge in [-0.05, 0) is 18.2 Å². The summed E-state index contributed by atoms with van der Waals surface area (Å²) in [5, 5.41) is 0.680. The first-order valence-electron chi connectivity index (χ1n) is 6.40. The van der Waals surface area contributed by atoms with Crippen LogP contribution in [0.4, 0.5) is 0 Å². The molecule has 0 fully saturated rings. The number of aromatic nitrogens is 2. The molecular formula is C15H20N3O+. The fourth-order valence-electron chi connectivity index (χ4n) is 2.08. The standard InChI is InChI=1S/C15H20N3O/c1-4-10-18(2,3)11-9-17-12-16-14-8-6-5-7-13(14)15(17)19/h4-8,12H,1,9-11H2,2-3H3/q+1. The zero-order chi connectivity index (χ0) is 13.9. The highest BCUT2D eigenvalue weighted by atomic mass is 16.1. The van der Waals surface area contributed by atoms with Gasteiger partial charge >= 0.3 is 0 Å². The molecule has 2 rings (SSSR count). The molecule has 0 amide bonds. The number of para-hydroxylation sites is 1. The maximum absolute atomic E-state index is 12.3. The number of hydrogen-bond donors (Lipinski definition) is 0. The number of rotatable bonds is 5. The molecule has 1 aromatic carbocycles. The molecule has 1 aromatic heterocycles. The van der Waals surface area contributed by atoms with Gasteiger partial charge in [0, 0.05) is 0 Å². The van der Waals surface area contributed by atoms with Crippen LogP contribution in [0.1, 0.15) is 0 Å². The number of hydrogen-bond acceptors (Lipinski definition) is 2. The smallest absolute Gasteiger partial charge is 0.261 e. The molecular weight excluding hydrogens is 238 g/mol. The summed E-state index contributed by atoms with van der Waals surface area (Å²) in [7, 11) is 4.25. The second-order valence-electron chi connectivity index (χ2n) is 5.39. The van der Waals surface area contributed by atoms with E-state index in [9.17, 15) is 4.79 Å². The second kappa shape index (κ2) is 5.36. The zero-order valence-corrected chi connectivity index (χ0v) is 11.5. The minimum atomic E-state index is 0.0317. The average Bonchev–Trinajstić information content (AvgIpc) is 2.38. The normalized spacial score (nSPS) is 11.7. The largest absolute Gasteiger partial charge is 0.324 e. The molecule has 4 heteroatoms. The number of benzene rings is 1. The van der Waals surface area contributed by atoms with Crippen molar-refractivity contribution in [3.05, 3.63) is 53.6 Å². The van der Waals surface area contributed by atoms with Crippen LogP contribution in [0.2, 0.25) is 0 Å². The van der Waals surface area contributed by atoms with Crippen molar-refractivity contribution in [3.63, 3.8) is 0 Å². The van der Waals surface area contributed by atoms with Crippen molar-refractivity contribution in [1.82, 2.24) is 9.55 Å². The molecule has 100 valence electrons. The summed E-state index contributed by atoms with van der Waals surface area (Å²) in [5.74, 6) is 0. The van der Waals surface area contributed by atoms with E-state index >= 15 is 0 Å². The fraction of sp³-hybridized carbons (Fsp3) is 0.333. The van der Waals surface area contributed by atoms with E-state index in [1.807, 2.05) is 30.3 Å². The van der Waals surface area contributed by atoms with Crippen molar-refractivity contribution in [2.75, 3.05) is 27.2 Å². The molecule has 0 spiro atoms. The average molecular weight is 258 g/mol. The van der Waals surface area contributed by atoms with Crippen LogP contribution < -0.4 is 5.56 Å². The van der Waals surface area contributed by atoms with Crippen LogP contribution in [0.5, 0.6) is 0 Å². The Labute approximate surface area is 113 Å². The Morgan fingerprint density at radius 3 is 2.84 bits per heavy atom. The van der Waals surface area contributed by atoms with Crippen molar-refractivity contribution >= 4 is 10.9 Å². The number of quaternary nitrogens is 1. The van der Waals surface area contributed by atoms with Crippen LogP contribution in [0.15, 0.2) is 48.0 Å². The van der Waals surface area contributed by atoms with Crippen LogP contribution >= 0.6 is 0 Å². The Morgan fingerprint density at radius 1 is 1.37 bits per heavy atom. The molecule has 19 heavy (non-hydrogen) atoms. The van der Waals surface area contributed by atoms with Crippen LogP contribution in [-0.4, -0.2) is 41.2 Å². The molecule has 0 atom stereocenters. The lowest BCUT2D eigenvalue weighted by molar-refractivity contribution is -0.885. The quantitative estimate of drug-likeness (QED) is 0.604. The molecule has 0 radical (unpaired) electrons. The molecule has 0 N–H and O–H groups in total. The van der Waals surface area contributed by atoms with Crippen molar-refractivity contribution < 1.29 is 4.48 Å². The summed E-state index contributed by atoms with van der Waals surface area (Å²) in [6.45, 7) is 6.18. The van der Waals surface area contributed by atoms with Gasteiger partial charge in [0.2, 0.25) is 0 Å². The number of fused-ring (bicyclic) bond motifs is 1. The fourth-order valence-corrected chi connectivity index (χ4v) is 2.08. The lowest BCUT2D eigenvalue weighted by atomic mass is 10.2. The SMILES string of the molecule is C=CC[N+](C)(C)CCn1cnc2ccccc2c1=O. The van der Waals surface area contributed by atoms with E-state index < -0.39 is 0 Å². The topological polar surface area (TPSA) is 34.9 Å². The summed E-state index contributed by atoms with van der Waals surface area (Å²) in [6.07, 6.45) is 3.54. The predicted octanol–water partition coefficient (Wildman–Crippen LogP) is 1.66. The van der Waals surface area contributed by atoms with Crippen LogP contribution in [0.25, 0.3) is 10.9 Å². The van der Waals surface area contributed by atoms with Crippen molar-refractivity contribution in [3.8, 4) is 0 Å². The maximum Gasteiger partial charge on any atom is 0.261 e. The lowest BCUT2D eigenvalue weighted by Crippen LogP contribution is -2.43. The van der Waals surface area contributed by atoms with Crippen LogP contribution in [-0.2, 0) is 6.54 Å². The molecule has 0 saturated carbocycles. The highest BCUT2D eigenvalue weighted by molar-refractivity contribution is 5.76. The second-order valence-corrected chi connectivity index (χ2v) is 5.39. The Bertz CT molecular complexity index is 643. The molecule has 2 aromatic rings. The molecule has 0 saturated heterocycles. The lowest BCUT2D eigenvalue weighted by Gasteiger charge is -2.28. The van der Waals surface area contributed by atoms with Gasteiger partial charge in [0.15, 0.2) is 0 Å². The third kappa shape index (κ3) is 3.09. The van der Waals surface area contributed by atoms with Crippen LogP contribution in [0, 0.1) is 0 Å². The Hall–Kier alpha value is -1.94. The third-order valence-electron chi connectivity index (χ3n) is 3.30. The predicted molar refractivity (Wildman–Crippen MR) is 78.0 cm³/mol. The van der Waals surface area contributed by atoms with Gasteiger partial charge in [-0.25, -0.2) is 4.98 Å². The van der Waals surface area contributed by atoms with E-state index in [-0.39, 0.29) is 5.56 Å². The molecule has 1 heterocycles. The molecule has 0 aliphatic heterocycles. The number of likely N-dealkylation sites (N-methyl/N-ethyl adjacent to an activating group) is 1. The monoisotopic (exact) mass is 258 g/mol. The van der Waals surface area contributed by atoms with Gasteiger partial charge in [0.05, 0.1) is 51.0 Å². The van der Waals surface area contributed by atoms with Gasteiger partial charge in [0.25, 0.3) is 5.56 Å². The first-order valence-corrected chi connectivity index (χ1v) is 6.40. The summed E-state index contributed by atoms with van der Waals surface area (Å²) in [4.78, 5) is 16.6. The van der Waals surface area contributed by atoms with Crippen molar-refractivity contribution in [2.45, 2.75) is 6.54 Å². The molecule has 0 aliphatic carbocycles. The van der Waals surface area contributed by atoms with Crippen LogP contribution in [0.3, 0.4) is 0 Å². The van der Waals surface area contributed by atoms with Gasteiger partial charge in [-0.1, -0.05) is 18.7 Å². The first kappa shape index (κ1) is 13.5. The molecule has 4 nitrogen and oxygen atoms in total. The van der Waals surface area contributed by atoms with E-state index in [1.54, 1.807) is 10.9 Å². The minimum absolute atomic E-state index is 0.0317. The van der Waals surface area contributed by atoms with E-state index in [0.29, 0.717) is 11.9 Å². The highest BCUT2D eigenvalue weighted by Gasteiger charge is 2.13. The summed E-state index contributed by atoms with van der Waals surface area (Å²) >= 11 is 0. The van der Waals surface area contributed by atoms with Gasteiger partial charge in [-0.15, -0.1) is 0 Å². The Morgan fingerprint density at radius 2 is 2.11 bits per heavy atom. The van der Waals surface area contributed by atoms with Gasteiger partial charge in [-0.2, -0.15) is 0 Å². The van der Waals surface area contributed by atoms with Crippen molar-refractivity contribution in [1.29, 1.82) is 0 Å². The van der Waals surface area contributed by atoms with Gasteiger partial charge in [0.1, 0.15) is 0 Å². The van der Waals surface area contributed by atoms with E-state index in [0.717, 1.165) is 23.1 Å². The molecule has 0 unspecified atom stereocenters. The molecule has 0 aliphatic rings. The maximum atomic E-state index is 12.3. The Balaban J connectivity index is 2.25. The van der Waals surface area contributed by atoms with E-state index in [1.165, 1.54) is 0 Å². The number of nitrogens with zero attached hydrogens (tertiary/aromatic N) is 3. The zero-order valence-electron chi connectivity index (χ0n) is 11.5. The van der Waals surface area contributed by atoms with Gasteiger partial charge in [-0.3, -0.25) is 9.36 Å². The highest BCUT2D eigenvalue weighted by Crippen LogP contribution is 2.05. The third-order valence-corrected chi connectivity index (χ3v) is 3.30. The first-order chi connectivity index (χ1) is 9.03.